The fourth-order valence-electron chi connectivity index (χ4n) is 2.63. The molecule has 19 heavy (non-hydrogen) atoms. The van der Waals surface area contributed by atoms with Gasteiger partial charge in [-0.1, -0.05) is 6.92 Å². The van der Waals surface area contributed by atoms with Gasteiger partial charge in [-0.3, -0.25) is 4.90 Å². The first-order chi connectivity index (χ1) is 9.42. The molecule has 0 aliphatic carbocycles. The van der Waals surface area contributed by atoms with Crippen LogP contribution >= 0.6 is 11.8 Å². The molecule has 1 fully saturated rings. The maximum atomic E-state index is 5.62. The molecule has 0 amide bonds. The number of rotatable bonds is 9. The molecule has 1 atom stereocenters. The maximum absolute atomic E-state index is 5.62. The largest absolute Gasteiger partial charge is 0.468 e. The van der Waals surface area contributed by atoms with E-state index in [9.17, 15) is 0 Å². The van der Waals surface area contributed by atoms with Crippen LogP contribution < -0.4 is 5.32 Å². The Hall–Kier alpha value is -0.450. The quantitative estimate of drug-likeness (QED) is 0.704. The molecular formula is C15H26N2OS. The SMILES string of the molecule is CCSCCCNCC(c1ccco1)N1CCCC1. The number of likely N-dealkylation sites (tertiary alicyclic amines) is 1. The minimum absolute atomic E-state index is 0.413. The molecule has 1 aromatic heterocycles. The molecule has 1 unspecified atom stereocenters. The molecule has 3 nitrogen and oxygen atoms in total. The van der Waals surface area contributed by atoms with E-state index in [1.807, 2.05) is 17.8 Å². The van der Waals surface area contributed by atoms with E-state index in [4.69, 9.17) is 4.42 Å². The summed E-state index contributed by atoms with van der Waals surface area (Å²) >= 11 is 2.02. The van der Waals surface area contributed by atoms with Crippen molar-refractivity contribution in [3.63, 3.8) is 0 Å². The molecule has 1 aliphatic rings. The minimum atomic E-state index is 0.413. The van der Waals surface area contributed by atoms with Gasteiger partial charge in [0.05, 0.1) is 12.3 Å². The number of hydrogen-bond acceptors (Lipinski definition) is 4. The maximum Gasteiger partial charge on any atom is 0.122 e. The lowest BCUT2D eigenvalue weighted by molar-refractivity contribution is 0.210. The zero-order chi connectivity index (χ0) is 13.3. The first kappa shape index (κ1) is 14.9. The van der Waals surface area contributed by atoms with Crippen molar-refractivity contribution in [2.75, 3.05) is 37.7 Å². The van der Waals surface area contributed by atoms with Gasteiger partial charge in [0, 0.05) is 6.54 Å². The molecule has 1 saturated heterocycles. The van der Waals surface area contributed by atoms with Crippen molar-refractivity contribution in [2.24, 2.45) is 0 Å². The lowest BCUT2D eigenvalue weighted by Crippen LogP contribution is -2.34. The highest BCUT2D eigenvalue weighted by Gasteiger charge is 2.24. The van der Waals surface area contributed by atoms with Crippen molar-refractivity contribution in [3.05, 3.63) is 24.2 Å². The van der Waals surface area contributed by atoms with Gasteiger partial charge in [0.25, 0.3) is 0 Å². The molecule has 0 bridgehead atoms. The predicted octanol–water partition coefficient (Wildman–Crippen LogP) is 3.15. The van der Waals surface area contributed by atoms with Crippen molar-refractivity contribution in [1.29, 1.82) is 0 Å². The van der Waals surface area contributed by atoms with E-state index in [1.54, 1.807) is 6.26 Å². The van der Waals surface area contributed by atoms with Crippen molar-refractivity contribution in [1.82, 2.24) is 10.2 Å². The van der Waals surface area contributed by atoms with E-state index in [-0.39, 0.29) is 0 Å². The minimum Gasteiger partial charge on any atom is -0.468 e. The van der Waals surface area contributed by atoms with E-state index in [0.717, 1.165) is 18.8 Å². The molecule has 2 rings (SSSR count). The second-order valence-corrected chi connectivity index (χ2v) is 6.42. The summed E-state index contributed by atoms with van der Waals surface area (Å²) in [5.74, 6) is 3.60. The predicted molar refractivity (Wildman–Crippen MR) is 82.7 cm³/mol. The summed E-state index contributed by atoms with van der Waals surface area (Å²) in [6, 6.07) is 4.52. The Kier molecular flexibility index (Phi) is 6.82. The molecule has 108 valence electrons. The molecule has 1 aliphatic heterocycles. The third-order valence-electron chi connectivity index (χ3n) is 3.64. The van der Waals surface area contributed by atoms with Crippen molar-refractivity contribution in [2.45, 2.75) is 32.2 Å². The second-order valence-electron chi connectivity index (χ2n) is 5.03. The Morgan fingerprint density at radius 2 is 2.26 bits per heavy atom. The zero-order valence-corrected chi connectivity index (χ0v) is 12.8. The highest BCUT2D eigenvalue weighted by atomic mass is 32.2. The van der Waals surface area contributed by atoms with Crippen LogP contribution in [0, 0.1) is 0 Å². The standard InChI is InChI=1S/C15H26N2OS/c1-2-19-12-6-8-16-13-14(15-7-5-11-18-15)17-9-3-4-10-17/h5,7,11,14,16H,2-4,6,8-10,12-13H2,1H3. The van der Waals surface area contributed by atoms with Crippen LogP contribution in [0.15, 0.2) is 22.8 Å². The summed E-state index contributed by atoms with van der Waals surface area (Å²) in [4.78, 5) is 2.55. The lowest BCUT2D eigenvalue weighted by Gasteiger charge is -2.26. The van der Waals surface area contributed by atoms with Crippen LogP contribution in [-0.2, 0) is 0 Å². The average Bonchev–Trinajstić information content (AvgIpc) is 3.11. The van der Waals surface area contributed by atoms with Crippen molar-refractivity contribution >= 4 is 11.8 Å². The highest BCUT2D eigenvalue weighted by molar-refractivity contribution is 7.99. The molecule has 0 aromatic carbocycles. The Balaban J connectivity index is 1.75. The number of nitrogens with zero attached hydrogens (tertiary/aromatic N) is 1. The van der Waals surface area contributed by atoms with Gasteiger partial charge in [-0.05, 0) is 62.5 Å². The highest BCUT2D eigenvalue weighted by Crippen LogP contribution is 2.24. The van der Waals surface area contributed by atoms with Crippen LogP contribution in [0.2, 0.25) is 0 Å². The van der Waals surface area contributed by atoms with Gasteiger partial charge in [0.1, 0.15) is 5.76 Å². The molecule has 2 heterocycles. The van der Waals surface area contributed by atoms with Gasteiger partial charge in [0.2, 0.25) is 0 Å². The number of furan rings is 1. The molecule has 1 aromatic rings. The summed E-state index contributed by atoms with van der Waals surface area (Å²) in [5.41, 5.74) is 0. The van der Waals surface area contributed by atoms with E-state index in [1.165, 1.54) is 43.9 Å². The average molecular weight is 282 g/mol. The van der Waals surface area contributed by atoms with Crippen LogP contribution in [0.3, 0.4) is 0 Å². The fraction of sp³-hybridized carbons (Fsp3) is 0.733. The van der Waals surface area contributed by atoms with Gasteiger partial charge in [-0.2, -0.15) is 11.8 Å². The number of thioether (sulfide) groups is 1. The fourth-order valence-corrected chi connectivity index (χ4v) is 3.26. The number of nitrogens with one attached hydrogen (secondary N) is 1. The van der Waals surface area contributed by atoms with Crippen molar-refractivity contribution in [3.8, 4) is 0 Å². The Labute approximate surface area is 121 Å². The Morgan fingerprint density at radius 3 is 2.95 bits per heavy atom. The van der Waals surface area contributed by atoms with Crippen LogP contribution in [0.5, 0.6) is 0 Å². The van der Waals surface area contributed by atoms with E-state index < -0.39 is 0 Å². The third kappa shape index (κ3) is 4.86. The summed E-state index contributed by atoms with van der Waals surface area (Å²) < 4.78 is 5.62. The van der Waals surface area contributed by atoms with Crippen LogP contribution in [0.1, 0.15) is 38.0 Å². The molecular weight excluding hydrogens is 256 g/mol. The zero-order valence-electron chi connectivity index (χ0n) is 11.9. The van der Waals surface area contributed by atoms with Gasteiger partial charge in [-0.15, -0.1) is 0 Å². The molecule has 1 N–H and O–H groups in total. The van der Waals surface area contributed by atoms with Gasteiger partial charge < -0.3 is 9.73 Å². The Morgan fingerprint density at radius 1 is 1.42 bits per heavy atom. The molecule has 4 heteroatoms. The molecule has 0 saturated carbocycles. The summed E-state index contributed by atoms with van der Waals surface area (Å²) in [6.45, 7) is 6.75. The van der Waals surface area contributed by atoms with Crippen LogP contribution in [0.25, 0.3) is 0 Å². The normalized spacial score (nSPS) is 17.9. The van der Waals surface area contributed by atoms with Crippen LogP contribution in [0.4, 0.5) is 0 Å². The monoisotopic (exact) mass is 282 g/mol. The Bertz CT molecular complexity index is 323. The van der Waals surface area contributed by atoms with Gasteiger partial charge in [-0.25, -0.2) is 0 Å². The van der Waals surface area contributed by atoms with Gasteiger partial charge >= 0.3 is 0 Å². The van der Waals surface area contributed by atoms with Gasteiger partial charge in [0.15, 0.2) is 0 Å². The topological polar surface area (TPSA) is 28.4 Å². The molecule has 0 spiro atoms. The second kappa shape index (κ2) is 8.67. The first-order valence-corrected chi connectivity index (χ1v) is 8.63. The summed E-state index contributed by atoms with van der Waals surface area (Å²) in [7, 11) is 0. The lowest BCUT2D eigenvalue weighted by atomic mass is 10.2. The number of hydrogen-bond donors (Lipinski definition) is 1. The summed E-state index contributed by atoms with van der Waals surface area (Å²) in [6.07, 6.45) is 5.69. The van der Waals surface area contributed by atoms with E-state index >= 15 is 0 Å². The smallest absolute Gasteiger partial charge is 0.122 e. The first-order valence-electron chi connectivity index (χ1n) is 7.47. The van der Waals surface area contributed by atoms with Crippen molar-refractivity contribution < 1.29 is 4.42 Å². The third-order valence-corrected chi connectivity index (χ3v) is 4.62. The summed E-state index contributed by atoms with van der Waals surface area (Å²) in [5, 5.41) is 3.59. The molecule has 0 radical (unpaired) electrons. The van der Waals surface area contributed by atoms with E-state index in [2.05, 4.69) is 23.2 Å². The van der Waals surface area contributed by atoms with E-state index in [0.29, 0.717) is 6.04 Å². The van der Waals surface area contributed by atoms with Crippen LogP contribution in [-0.4, -0.2) is 42.6 Å².